The summed E-state index contributed by atoms with van der Waals surface area (Å²) >= 11 is 0. The van der Waals surface area contributed by atoms with E-state index in [0.717, 1.165) is 36.3 Å². The van der Waals surface area contributed by atoms with Gasteiger partial charge in [0.05, 0.1) is 10.5 Å². The van der Waals surface area contributed by atoms with Crippen LogP contribution in [-0.4, -0.2) is 28.9 Å². The van der Waals surface area contributed by atoms with Gasteiger partial charge in [0.15, 0.2) is 5.76 Å². The van der Waals surface area contributed by atoms with E-state index in [4.69, 9.17) is 9.47 Å². The zero-order valence-electron chi connectivity index (χ0n) is 18.8. The number of non-ortho nitro benzene ring substituents is 1. The minimum absolute atomic E-state index is 0.0373. The standard InChI is InChI=1S/C27H24N2O5/c1-18-26-21(16-28(17-33-26)12-6-10-19-7-3-2-4-8-19)15-23-25(30)24(34-27(18)23)14-20-9-5-11-22(13-20)29(31)32/h2-5,7-9,11,13-15H,6,10,12,16-17H2,1H3/b24-14-. The Morgan fingerprint density at radius 3 is 2.71 bits per heavy atom. The monoisotopic (exact) mass is 456 g/mol. The maximum absolute atomic E-state index is 13.1. The minimum atomic E-state index is -0.463. The van der Waals surface area contributed by atoms with Crippen LogP contribution in [0, 0.1) is 17.0 Å². The molecule has 0 spiro atoms. The normalized spacial score (nSPS) is 16.0. The highest BCUT2D eigenvalue weighted by molar-refractivity contribution is 6.15. The summed E-state index contributed by atoms with van der Waals surface area (Å²) in [5, 5.41) is 11.1. The number of hydrogen-bond donors (Lipinski definition) is 0. The van der Waals surface area contributed by atoms with Gasteiger partial charge in [0.1, 0.15) is 18.2 Å². The molecule has 2 heterocycles. The smallest absolute Gasteiger partial charge is 0.270 e. The topological polar surface area (TPSA) is 81.9 Å². The van der Waals surface area contributed by atoms with Crippen molar-refractivity contribution in [3.63, 3.8) is 0 Å². The van der Waals surface area contributed by atoms with E-state index in [-0.39, 0.29) is 17.2 Å². The van der Waals surface area contributed by atoms with Gasteiger partial charge in [-0.15, -0.1) is 0 Å². The number of hydrogen-bond acceptors (Lipinski definition) is 6. The SMILES string of the molecule is Cc1c2c(cc3c1O/C(=C\c1cccc([N+](=O)[O-])c1)C3=O)CN(CCCc1ccccc1)CO2. The third kappa shape index (κ3) is 4.30. The Labute approximate surface area is 197 Å². The van der Waals surface area contributed by atoms with Crippen molar-refractivity contribution in [1.29, 1.82) is 0 Å². The quantitative estimate of drug-likeness (QED) is 0.284. The van der Waals surface area contributed by atoms with E-state index in [0.29, 0.717) is 30.2 Å². The third-order valence-corrected chi connectivity index (χ3v) is 6.16. The number of nitro groups is 1. The van der Waals surface area contributed by atoms with Gasteiger partial charge in [-0.1, -0.05) is 42.5 Å². The largest absolute Gasteiger partial charge is 0.477 e. The zero-order chi connectivity index (χ0) is 23.7. The number of rotatable bonds is 6. The van der Waals surface area contributed by atoms with Gasteiger partial charge < -0.3 is 9.47 Å². The van der Waals surface area contributed by atoms with E-state index < -0.39 is 4.92 Å². The molecule has 0 amide bonds. The van der Waals surface area contributed by atoms with Crippen molar-refractivity contribution in [2.45, 2.75) is 26.3 Å². The molecule has 34 heavy (non-hydrogen) atoms. The molecule has 0 unspecified atom stereocenters. The summed E-state index contributed by atoms with van der Waals surface area (Å²) in [7, 11) is 0. The molecular weight excluding hydrogens is 432 g/mol. The van der Waals surface area contributed by atoms with Crippen molar-refractivity contribution in [1.82, 2.24) is 4.90 Å². The third-order valence-electron chi connectivity index (χ3n) is 6.16. The summed E-state index contributed by atoms with van der Waals surface area (Å²) in [5.74, 6) is 1.19. The van der Waals surface area contributed by atoms with Crippen LogP contribution < -0.4 is 9.47 Å². The fourth-order valence-corrected chi connectivity index (χ4v) is 4.47. The average molecular weight is 456 g/mol. The van der Waals surface area contributed by atoms with Gasteiger partial charge in [0.25, 0.3) is 5.69 Å². The second-order valence-corrected chi connectivity index (χ2v) is 8.57. The number of fused-ring (bicyclic) bond motifs is 2. The second-order valence-electron chi connectivity index (χ2n) is 8.57. The van der Waals surface area contributed by atoms with Crippen LogP contribution in [0.25, 0.3) is 6.08 Å². The Morgan fingerprint density at radius 2 is 1.91 bits per heavy atom. The van der Waals surface area contributed by atoms with Crippen LogP contribution in [0.4, 0.5) is 5.69 Å². The first-order valence-electron chi connectivity index (χ1n) is 11.2. The predicted octanol–water partition coefficient (Wildman–Crippen LogP) is 5.30. The van der Waals surface area contributed by atoms with E-state index in [9.17, 15) is 14.9 Å². The lowest BCUT2D eigenvalue weighted by Crippen LogP contribution is -2.33. The van der Waals surface area contributed by atoms with Gasteiger partial charge in [-0.3, -0.25) is 19.8 Å². The highest BCUT2D eigenvalue weighted by Crippen LogP contribution is 2.43. The number of allylic oxidation sites excluding steroid dienone is 1. The maximum Gasteiger partial charge on any atom is 0.270 e. The lowest BCUT2D eigenvalue weighted by molar-refractivity contribution is -0.384. The number of carbonyl (C=O) groups is 1. The molecule has 172 valence electrons. The van der Waals surface area contributed by atoms with Gasteiger partial charge in [-0.05, 0) is 43.0 Å². The predicted molar refractivity (Wildman–Crippen MR) is 128 cm³/mol. The van der Waals surface area contributed by atoms with Crippen molar-refractivity contribution in [3.05, 3.63) is 104 Å². The number of aryl methyl sites for hydroxylation is 1. The molecule has 5 rings (SSSR count). The minimum Gasteiger partial charge on any atom is -0.477 e. The van der Waals surface area contributed by atoms with Crippen LogP contribution in [0.2, 0.25) is 0 Å². The molecule has 2 aliphatic heterocycles. The zero-order valence-corrected chi connectivity index (χ0v) is 18.8. The summed E-state index contributed by atoms with van der Waals surface area (Å²) in [6.45, 7) is 3.99. The number of Topliss-reactive ketones (excluding diaryl/α,β-unsaturated/α-hetero) is 1. The molecule has 2 aliphatic rings. The van der Waals surface area contributed by atoms with Crippen LogP contribution in [-0.2, 0) is 13.0 Å². The lowest BCUT2D eigenvalue weighted by Gasteiger charge is -2.30. The summed E-state index contributed by atoms with van der Waals surface area (Å²) in [6.07, 6.45) is 3.57. The molecule has 7 nitrogen and oxygen atoms in total. The van der Waals surface area contributed by atoms with Crippen molar-refractivity contribution in [2.75, 3.05) is 13.3 Å². The van der Waals surface area contributed by atoms with Gasteiger partial charge in [0.2, 0.25) is 5.78 Å². The summed E-state index contributed by atoms with van der Waals surface area (Å²) in [4.78, 5) is 25.9. The molecule has 0 saturated heterocycles. The van der Waals surface area contributed by atoms with Crippen LogP contribution >= 0.6 is 0 Å². The number of nitrogens with zero attached hydrogens (tertiary/aromatic N) is 2. The van der Waals surface area contributed by atoms with Gasteiger partial charge >= 0.3 is 0 Å². The Bertz CT molecular complexity index is 1300. The van der Waals surface area contributed by atoms with Crippen LogP contribution in [0.1, 0.15) is 39.0 Å². The Balaban J connectivity index is 1.33. The fraction of sp³-hybridized carbons (Fsp3) is 0.222. The van der Waals surface area contributed by atoms with E-state index >= 15 is 0 Å². The van der Waals surface area contributed by atoms with Crippen LogP contribution in [0.5, 0.6) is 11.5 Å². The Morgan fingerprint density at radius 1 is 1.09 bits per heavy atom. The lowest BCUT2D eigenvalue weighted by atomic mass is 10.00. The fourth-order valence-electron chi connectivity index (χ4n) is 4.47. The summed E-state index contributed by atoms with van der Waals surface area (Å²) in [5.41, 5.74) is 4.09. The van der Waals surface area contributed by atoms with Crippen molar-refractivity contribution >= 4 is 17.5 Å². The number of carbonyl (C=O) groups excluding carboxylic acids is 1. The molecule has 0 bridgehead atoms. The molecule has 0 radical (unpaired) electrons. The number of ether oxygens (including phenoxy) is 2. The highest BCUT2D eigenvalue weighted by Gasteiger charge is 2.33. The van der Waals surface area contributed by atoms with E-state index in [1.54, 1.807) is 18.2 Å². The Hall–Kier alpha value is -3.97. The second kappa shape index (κ2) is 9.11. The maximum atomic E-state index is 13.1. The molecular formula is C27H24N2O5. The molecule has 0 N–H and O–H groups in total. The first-order chi connectivity index (χ1) is 16.5. The molecule has 0 fully saturated rings. The van der Waals surface area contributed by atoms with Crippen molar-refractivity contribution in [3.8, 4) is 11.5 Å². The van der Waals surface area contributed by atoms with Gasteiger partial charge in [-0.2, -0.15) is 0 Å². The van der Waals surface area contributed by atoms with E-state index in [1.807, 2.05) is 19.1 Å². The average Bonchev–Trinajstić information content (AvgIpc) is 3.15. The van der Waals surface area contributed by atoms with Crippen LogP contribution in [0.3, 0.4) is 0 Å². The number of nitro benzene ring substituents is 1. The first kappa shape index (κ1) is 21.9. The van der Waals surface area contributed by atoms with Crippen molar-refractivity contribution < 1.29 is 19.2 Å². The number of ketones is 1. The molecule has 0 atom stereocenters. The molecule has 7 heteroatoms. The summed E-state index contributed by atoms with van der Waals surface area (Å²) < 4.78 is 12.0. The first-order valence-corrected chi connectivity index (χ1v) is 11.2. The number of benzene rings is 3. The molecule has 0 aliphatic carbocycles. The van der Waals surface area contributed by atoms with Crippen molar-refractivity contribution in [2.24, 2.45) is 0 Å². The Kier molecular flexibility index (Phi) is 5.86. The highest BCUT2D eigenvalue weighted by atomic mass is 16.6. The van der Waals surface area contributed by atoms with Gasteiger partial charge in [0, 0.05) is 36.3 Å². The molecule has 3 aromatic carbocycles. The van der Waals surface area contributed by atoms with E-state index in [1.165, 1.54) is 17.7 Å². The van der Waals surface area contributed by atoms with Crippen LogP contribution in [0.15, 0.2) is 66.4 Å². The molecule has 0 aromatic heterocycles. The summed E-state index contributed by atoms with van der Waals surface area (Å²) in [6, 6.07) is 18.4. The molecule has 0 saturated carbocycles. The van der Waals surface area contributed by atoms with Gasteiger partial charge in [-0.25, -0.2) is 0 Å². The van der Waals surface area contributed by atoms with E-state index in [2.05, 4.69) is 29.2 Å². The molecule has 3 aromatic rings.